The number of hydrogen-bond donors (Lipinski definition) is 1. The topological polar surface area (TPSA) is 72.8 Å². The Hall–Kier alpha value is -1.88. The van der Waals surface area contributed by atoms with Gasteiger partial charge in [0.25, 0.3) is 0 Å². The molecule has 0 aliphatic carbocycles. The van der Waals surface area contributed by atoms with Gasteiger partial charge in [0.05, 0.1) is 7.11 Å². The molecule has 1 N–H and O–H groups in total. The molecule has 0 bridgehead atoms. The molecule has 0 heterocycles. The maximum Gasteiger partial charge on any atom is 0.341 e. The number of methoxy groups -OCH3 is 1. The number of benzene rings is 1. The number of ketones is 1. The largest absolute Gasteiger partial charge is 0.490 e. The van der Waals surface area contributed by atoms with Gasteiger partial charge >= 0.3 is 5.97 Å². The lowest BCUT2D eigenvalue weighted by molar-refractivity contribution is -0.163. The van der Waals surface area contributed by atoms with Crippen LogP contribution in [0.1, 0.15) is 24.2 Å². The van der Waals surface area contributed by atoms with E-state index in [1.807, 2.05) is 0 Å². The molecule has 1 aromatic rings. The SMILES string of the molecule is COC(=O)C(C)(O)COc1cccc(C(C)=O)c1. The van der Waals surface area contributed by atoms with Gasteiger partial charge < -0.3 is 14.6 Å². The molecule has 1 aromatic carbocycles. The number of rotatable bonds is 5. The molecule has 0 aliphatic rings. The number of hydrogen-bond acceptors (Lipinski definition) is 5. The molecule has 5 heteroatoms. The number of carbonyl (C=O) groups is 2. The summed E-state index contributed by atoms with van der Waals surface area (Å²) in [5, 5.41) is 9.76. The maximum absolute atomic E-state index is 11.2. The molecule has 0 radical (unpaired) electrons. The molecule has 0 amide bonds. The molecule has 0 spiro atoms. The number of Topliss-reactive ketones (excluding diaryl/α,β-unsaturated/α-hetero) is 1. The second-order valence-electron chi connectivity index (χ2n) is 4.14. The van der Waals surface area contributed by atoms with Gasteiger partial charge in [-0.25, -0.2) is 4.79 Å². The van der Waals surface area contributed by atoms with Crippen LogP contribution in [0.25, 0.3) is 0 Å². The monoisotopic (exact) mass is 252 g/mol. The van der Waals surface area contributed by atoms with Crippen molar-refractivity contribution in [1.29, 1.82) is 0 Å². The van der Waals surface area contributed by atoms with Crippen LogP contribution < -0.4 is 4.74 Å². The number of aliphatic hydroxyl groups is 1. The normalized spacial score (nSPS) is 13.6. The van der Waals surface area contributed by atoms with E-state index in [1.165, 1.54) is 21.0 Å². The standard InChI is InChI=1S/C13H16O5/c1-9(14)10-5-4-6-11(7-10)18-8-13(2,16)12(15)17-3/h4-7,16H,8H2,1-3H3. The highest BCUT2D eigenvalue weighted by atomic mass is 16.6. The molecular weight excluding hydrogens is 236 g/mol. The Morgan fingerprint density at radius 3 is 2.61 bits per heavy atom. The first-order valence-electron chi connectivity index (χ1n) is 5.41. The van der Waals surface area contributed by atoms with E-state index in [4.69, 9.17) is 4.74 Å². The molecule has 1 atom stereocenters. The van der Waals surface area contributed by atoms with E-state index in [0.29, 0.717) is 11.3 Å². The van der Waals surface area contributed by atoms with Crippen molar-refractivity contribution in [3.63, 3.8) is 0 Å². The van der Waals surface area contributed by atoms with Crippen LogP contribution in [0.3, 0.4) is 0 Å². The zero-order valence-electron chi connectivity index (χ0n) is 10.6. The molecule has 0 saturated carbocycles. The van der Waals surface area contributed by atoms with E-state index in [2.05, 4.69) is 4.74 Å². The third-order valence-electron chi connectivity index (χ3n) is 2.39. The van der Waals surface area contributed by atoms with E-state index in [-0.39, 0.29) is 12.4 Å². The molecule has 0 saturated heterocycles. The first kappa shape index (κ1) is 14.2. The molecule has 0 aliphatic heterocycles. The van der Waals surface area contributed by atoms with E-state index in [1.54, 1.807) is 24.3 Å². The number of ether oxygens (including phenoxy) is 2. The Morgan fingerprint density at radius 2 is 2.06 bits per heavy atom. The van der Waals surface area contributed by atoms with Crippen molar-refractivity contribution in [1.82, 2.24) is 0 Å². The van der Waals surface area contributed by atoms with Crippen LogP contribution >= 0.6 is 0 Å². The highest BCUT2D eigenvalue weighted by molar-refractivity contribution is 5.94. The Kier molecular flexibility index (Phi) is 4.44. The molecule has 98 valence electrons. The number of carbonyl (C=O) groups excluding carboxylic acids is 2. The van der Waals surface area contributed by atoms with Crippen LogP contribution in [0.4, 0.5) is 0 Å². The van der Waals surface area contributed by atoms with Crippen LogP contribution in [-0.4, -0.2) is 36.2 Å². The summed E-state index contributed by atoms with van der Waals surface area (Å²) in [5.41, 5.74) is -1.22. The maximum atomic E-state index is 11.2. The third kappa shape index (κ3) is 3.56. The summed E-state index contributed by atoms with van der Waals surface area (Å²) in [6.45, 7) is 2.50. The molecular formula is C13H16O5. The molecule has 0 aromatic heterocycles. The van der Waals surface area contributed by atoms with Gasteiger partial charge in [-0.2, -0.15) is 0 Å². The van der Waals surface area contributed by atoms with Crippen molar-refractivity contribution in [3.05, 3.63) is 29.8 Å². The van der Waals surface area contributed by atoms with Crippen LogP contribution in [0, 0.1) is 0 Å². The van der Waals surface area contributed by atoms with Gasteiger partial charge in [-0.1, -0.05) is 12.1 Å². The minimum atomic E-state index is -1.72. The average Bonchev–Trinajstić information content (AvgIpc) is 2.35. The fourth-order valence-electron chi connectivity index (χ4n) is 1.31. The summed E-state index contributed by atoms with van der Waals surface area (Å²) in [7, 11) is 1.19. The average molecular weight is 252 g/mol. The van der Waals surface area contributed by atoms with Gasteiger partial charge in [-0.05, 0) is 26.0 Å². The van der Waals surface area contributed by atoms with Gasteiger partial charge in [0.2, 0.25) is 0 Å². The van der Waals surface area contributed by atoms with Gasteiger partial charge in [0.15, 0.2) is 11.4 Å². The third-order valence-corrected chi connectivity index (χ3v) is 2.39. The Bertz CT molecular complexity index is 450. The highest BCUT2D eigenvalue weighted by Gasteiger charge is 2.32. The lowest BCUT2D eigenvalue weighted by Crippen LogP contribution is -2.42. The number of esters is 1. The van der Waals surface area contributed by atoms with Crippen molar-refractivity contribution in [2.45, 2.75) is 19.4 Å². The van der Waals surface area contributed by atoms with Crippen LogP contribution in [-0.2, 0) is 9.53 Å². The van der Waals surface area contributed by atoms with E-state index < -0.39 is 11.6 Å². The summed E-state index contributed by atoms with van der Waals surface area (Å²) in [6, 6.07) is 6.52. The van der Waals surface area contributed by atoms with Gasteiger partial charge in [-0.3, -0.25) is 4.79 Å². The zero-order valence-corrected chi connectivity index (χ0v) is 10.6. The lowest BCUT2D eigenvalue weighted by atomic mass is 10.1. The van der Waals surface area contributed by atoms with Gasteiger partial charge in [0.1, 0.15) is 12.4 Å². The fraction of sp³-hybridized carbons (Fsp3) is 0.385. The summed E-state index contributed by atoms with van der Waals surface area (Å²) >= 11 is 0. The molecule has 1 unspecified atom stereocenters. The van der Waals surface area contributed by atoms with Crippen LogP contribution in [0.5, 0.6) is 5.75 Å². The lowest BCUT2D eigenvalue weighted by Gasteiger charge is -2.20. The zero-order chi connectivity index (χ0) is 13.8. The van der Waals surface area contributed by atoms with Crippen LogP contribution in [0.2, 0.25) is 0 Å². The molecule has 0 fully saturated rings. The second-order valence-corrected chi connectivity index (χ2v) is 4.14. The molecule has 5 nitrogen and oxygen atoms in total. The van der Waals surface area contributed by atoms with E-state index >= 15 is 0 Å². The van der Waals surface area contributed by atoms with Crippen molar-refractivity contribution >= 4 is 11.8 Å². The van der Waals surface area contributed by atoms with Crippen molar-refractivity contribution in [2.24, 2.45) is 0 Å². The Balaban J connectivity index is 2.72. The first-order valence-corrected chi connectivity index (χ1v) is 5.41. The summed E-state index contributed by atoms with van der Waals surface area (Å²) in [5.74, 6) is -0.447. The van der Waals surface area contributed by atoms with Crippen molar-refractivity contribution in [3.8, 4) is 5.75 Å². The Morgan fingerprint density at radius 1 is 1.39 bits per heavy atom. The molecule has 1 rings (SSSR count). The first-order chi connectivity index (χ1) is 8.36. The fourth-order valence-corrected chi connectivity index (χ4v) is 1.31. The smallest absolute Gasteiger partial charge is 0.341 e. The quantitative estimate of drug-likeness (QED) is 0.629. The van der Waals surface area contributed by atoms with Crippen molar-refractivity contribution < 1.29 is 24.2 Å². The second kappa shape index (κ2) is 5.64. The Labute approximate surface area is 105 Å². The summed E-state index contributed by atoms with van der Waals surface area (Å²) < 4.78 is 9.72. The summed E-state index contributed by atoms with van der Waals surface area (Å²) in [6.07, 6.45) is 0. The highest BCUT2D eigenvalue weighted by Crippen LogP contribution is 2.16. The predicted octanol–water partition coefficient (Wildman–Crippen LogP) is 1.19. The van der Waals surface area contributed by atoms with Gasteiger partial charge in [-0.15, -0.1) is 0 Å². The van der Waals surface area contributed by atoms with Gasteiger partial charge in [0, 0.05) is 5.56 Å². The van der Waals surface area contributed by atoms with Crippen LogP contribution in [0.15, 0.2) is 24.3 Å². The minimum Gasteiger partial charge on any atom is -0.490 e. The van der Waals surface area contributed by atoms with E-state index in [9.17, 15) is 14.7 Å². The minimum absolute atomic E-state index is 0.0832. The van der Waals surface area contributed by atoms with Crippen molar-refractivity contribution in [2.75, 3.05) is 13.7 Å². The molecule has 18 heavy (non-hydrogen) atoms. The summed E-state index contributed by atoms with van der Waals surface area (Å²) in [4.78, 5) is 22.4. The predicted molar refractivity (Wildman–Crippen MR) is 64.6 cm³/mol. The van der Waals surface area contributed by atoms with E-state index in [0.717, 1.165) is 0 Å².